The Hall–Kier alpha value is -0.830. The molecule has 0 spiro atoms. The molecule has 0 saturated heterocycles. The number of ketones is 1. The van der Waals surface area contributed by atoms with Gasteiger partial charge in [-0.1, -0.05) is 0 Å². The van der Waals surface area contributed by atoms with E-state index in [1.807, 2.05) is 19.3 Å². The number of aryl methyl sites for hydroxylation is 1. The SMILES string of the molecule is CC(=O)C(CCCl)Cc1ccn(C)n1. The Bertz CT molecular complexity index is 309. The summed E-state index contributed by atoms with van der Waals surface area (Å²) in [5, 5.41) is 4.24. The second-order valence-electron chi connectivity index (χ2n) is 3.47. The fourth-order valence-corrected chi connectivity index (χ4v) is 1.67. The molecule has 0 fully saturated rings. The molecule has 1 rings (SSSR count). The van der Waals surface area contributed by atoms with Gasteiger partial charge in [0.25, 0.3) is 0 Å². The second-order valence-corrected chi connectivity index (χ2v) is 3.85. The molecule has 0 amide bonds. The van der Waals surface area contributed by atoms with Crippen LogP contribution in [-0.4, -0.2) is 21.4 Å². The molecule has 3 nitrogen and oxygen atoms in total. The zero-order chi connectivity index (χ0) is 10.6. The molecule has 0 N–H and O–H groups in total. The number of carbonyl (C=O) groups is 1. The molecule has 0 aliphatic rings. The van der Waals surface area contributed by atoms with Gasteiger partial charge in [-0.15, -0.1) is 11.6 Å². The highest BCUT2D eigenvalue weighted by atomic mass is 35.5. The van der Waals surface area contributed by atoms with Gasteiger partial charge in [-0.05, 0) is 19.4 Å². The van der Waals surface area contributed by atoms with Gasteiger partial charge in [0.05, 0.1) is 5.69 Å². The first kappa shape index (κ1) is 11.2. The number of hydrogen-bond donors (Lipinski definition) is 0. The molecule has 0 bridgehead atoms. The smallest absolute Gasteiger partial charge is 0.133 e. The Labute approximate surface area is 89.1 Å². The topological polar surface area (TPSA) is 34.9 Å². The molecule has 1 aromatic heterocycles. The van der Waals surface area contributed by atoms with Crippen LogP contribution in [0.15, 0.2) is 12.3 Å². The van der Waals surface area contributed by atoms with Gasteiger partial charge in [0.1, 0.15) is 5.78 Å². The lowest BCUT2D eigenvalue weighted by molar-refractivity contribution is -0.120. The van der Waals surface area contributed by atoms with Crippen molar-refractivity contribution in [2.24, 2.45) is 13.0 Å². The highest BCUT2D eigenvalue weighted by Crippen LogP contribution is 2.12. The standard InChI is InChI=1S/C10H15ClN2O/c1-8(14)9(3-5-11)7-10-4-6-13(2)12-10/h4,6,9H,3,5,7H2,1-2H3. The van der Waals surface area contributed by atoms with Crippen molar-refractivity contribution >= 4 is 17.4 Å². The summed E-state index contributed by atoms with van der Waals surface area (Å²) in [5.74, 6) is 0.732. The molecule has 0 radical (unpaired) electrons. The monoisotopic (exact) mass is 214 g/mol. The van der Waals surface area contributed by atoms with E-state index in [1.54, 1.807) is 11.6 Å². The van der Waals surface area contributed by atoms with Crippen molar-refractivity contribution < 1.29 is 4.79 Å². The Balaban J connectivity index is 2.59. The van der Waals surface area contributed by atoms with Gasteiger partial charge in [0.15, 0.2) is 0 Å². The van der Waals surface area contributed by atoms with Gasteiger partial charge in [0.2, 0.25) is 0 Å². The zero-order valence-electron chi connectivity index (χ0n) is 8.53. The number of carbonyl (C=O) groups excluding carboxylic acids is 1. The highest BCUT2D eigenvalue weighted by Gasteiger charge is 2.15. The molecule has 14 heavy (non-hydrogen) atoms. The molecular formula is C10H15ClN2O. The van der Waals surface area contributed by atoms with Crippen LogP contribution in [0.1, 0.15) is 19.0 Å². The van der Waals surface area contributed by atoms with Crippen LogP contribution in [0.4, 0.5) is 0 Å². The van der Waals surface area contributed by atoms with E-state index in [0.717, 1.165) is 12.1 Å². The first-order valence-corrected chi connectivity index (χ1v) is 5.22. The van der Waals surface area contributed by atoms with Gasteiger partial charge in [-0.3, -0.25) is 9.48 Å². The van der Waals surface area contributed by atoms with Crippen molar-refractivity contribution in [3.05, 3.63) is 18.0 Å². The molecular weight excluding hydrogens is 200 g/mol. The van der Waals surface area contributed by atoms with Crippen molar-refractivity contribution in [3.63, 3.8) is 0 Å². The lowest BCUT2D eigenvalue weighted by Gasteiger charge is -2.09. The number of nitrogens with zero attached hydrogens (tertiary/aromatic N) is 2. The predicted molar refractivity (Wildman–Crippen MR) is 56.4 cm³/mol. The predicted octanol–water partition coefficient (Wildman–Crippen LogP) is 1.80. The molecule has 0 saturated carbocycles. The lowest BCUT2D eigenvalue weighted by atomic mass is 9.96. The Morgan fingerprint density at radius 1 is 1.71 bits per heavy atom. The third-order valence-electron chi connectivity index (χ3n) is 2.26. The van der Waals surface area contributed by atoms with Crippen molar-refractivity contribution in [2.45, 2.75) is 19.8 Å². The van der Waals surface area contributed by atoms with Crippen molar-refractivity contribution in [1.29, 1.82) is 0 Å². The van der Waals surface area contributed by atoms with E-state index < -0.39 is 0 Å². The summed E-state index contributed by atoms with van der Waals surface area (Å²) in [6, 6.07) is 1.93. The molecule has 4 heteroatoms. The second kappa shape index (κ2) is 5.15. The summed E-state index contributed by atoms with van der Waals surface area (Å²) in [6.45, 7) is 1.61. The van der Waals surface area contributed by atoms with E-state index in [2.05, 4.69) is 5.10 Å². The number of Topliss-reactive ketones (excluding diaryl/α,β-unsaturated/α-hetero) is 1. The third kappa shape index (κ3) is 3.14. The van der Waals surface area contributed by atoms with Crippen LogP contribution < -0.4 is 0 Å². The van der Waals surface area contributed by atoms with E-state index in [1.165, 1.54) is 0 Å². The van der Waals surface area contributed by atoms with Gasteiger partial charge in [-0.25, -0.2) is 0 Å². The van der Waals surface area contributed by atoms with Gasteiger partial charge in [0, 0.05) is 31.5 Å². The average molecular weight is 215 g/mol. The number of hydrogen-bond acceptors (Lipinski definition) is 2. The minimum Gasteiger partial charge on any atom is -0.300 e. The number of aromatic nitrogens is 2. The van der Waals surface area contributed by atoms with Crippen LogP contribution in [0, 0.1) is 5.92 Å². The maximum absolute atomic E-state index is 11.3. The van der Waals surface area contributed by atoms with Crippen molar-refractivity contribution in [3.8, 4) is 0 Å². The van der Waals surface area contributed by atoms with Gasteiger partial charge >= 0.3 is 0 Å². The fraction of sp³-hybridized carbons (Fsp3) is 0.600. The third-order valence-corrected chi connectivity index (χ3v) is 2.48. The van der Waals surface area contributed by atoms with Crippen LogP contribution in [0.5, 0.6) is 0 Å². The van der Waals surface area contributed by atoms with Gasteiger partial charge < -0.3 is 0 Å². The first-order valence-electron chi connectivity index (χ1n) is 4.68. The van der Waals surface area contributed by atoms with E-state index in [0.29, 0.717) is 12.3 Å². The quantitative estimate of drug-likeness (QED) is 0.701. The van der Waals surface area contributed by atoms with Crippen LogP contribution in [0.25, 0.3) is 0 Å². The molecule has 1 atom stereocenters. The van der Waals surface area contributed by atoms with Crippen LogP contribution in [0.2, 0.25) is 0 Å². The zero-order valence-corrected chi connectivity index (χ0v) is 9.29. The Morgan fingerprint density at radius 2 is 2.43 bits per heavy atom. The van der Waals surface area contributed by atoms with E-state index in [4.69, 9.17) is 11.6 Å². The molecule has 1 aromatic rings. The fourth-order valence-electron chi connectivity index (χ4n) is 1.41. The highest BCUT2D eigenvalue weighted by molar-refractivity contribution is 6.18. The van der Waals surface area contributed by atoms with Gasteiger partial charge in [-0.2, -0.15) is 5.10 Å². The molecule has 1 heterocycles. The van der Waals surface area contributed by atoms with E-state index in [-0.39, 0.29) is 11.7 Å². The van der Waals surface area contributed by atoms with Crippen LogP contribution in [0.3, 0.4) is 0 Å². The maximum atomic E-state index is 11.3. The molecule has 0 aliphatic carbocycles. The number of halogens is 1. The lowest BCUT2D eigenvalue weighted by Crippen LogP contribution is -2.15. The summed E-state index contributed by atoms with van der Waals surface area (Å²) >= 11 is 5.63. The summed E-state index contributed by atoms with van der Waals surface area (Å²) in [4.78, 5) is 11.3. The summed E-state index contributed by atoms with van der Waals surface area (Å²) in [7, 11) is 1.87. The van der Waals surface area contributed by atoms with Crippen molar-refractivity contribution in [1.82, 2.24) is 9.78 Å². The minimum absolute atomic E-state index is 0.0161. The maximum Gasteiger partial charge on any atom is 0.133 e. The van der Waals surface area contributed by atoms with Crippen LogP contribution >= 0.6 is 11.6 Å². The van der Waals surface area contributed by atoms with E-state index >= 15 is 0 Å². The largest absolute Gasteiger partial charge is 0.300 e. The first-order chi connectivity index (χ1) is 6.63. The number of rotatable bonds is 5. The summed E-state index contributed by atoms with van der Waals surface area (Å²) < 4.78 is 1.74. The molecule has 78 valence electrons. The average Bonchev–Trinajstić information content (AvgIpc) is 2.50. The van der Waals surface area contributed by atoms with Crippen LogP contribution in [-0.2, 0) is 18.3 Å². The summed E-state index contributed by atoms with van der Waals surface area (Å²) in [6.07, 6.45) is 3.31. The number of alkyl halides is 1. The molecule has 0 aromatic carbocycles. The normalized spacial score (nSPS) is 12.8. The molecule has 0 aliphatic heterocycles. The molecule has 1 unspecified atom stereocenters. The Kier molecular flexibility index (Phi) is 4.14. The minimum atomic E-state index is 0.0161. The van der Waals surface area contributed by atoms with E-state index in [9.17, 15) is 4.79 Å². The Morgan fingerprint density at radius 3 is 2.86 bits per heavy atom. The van der Waals surface area contributed by atoms with Crippen molar-refractivity contribution in [2.75, 3.05) is 5.88 Å². The summed E-state index contributed by atoms with van der Waals surface area (Å²) in [5.41, 5.74) is 0.956.